The summed E-state index contributed by atoms with van der Waals surface area (Å²) in [4.78, 5) is 21.9. The van der Waals surface area contributed by atoms with Crippen LogP contribution in [0.25, 0.3) is 11.3 Å². The molecule has 0 aliphatic carbocycles. The third-order valence-corrected chi connectivity index (χ3v) is 6.53. The molecule has 0 atom stereocenters. The number of hydrogen-bond donors (Lipinski definition) is 1. The van der Waals surface area contributed by atoms with E-state index in [2.05, 4.69) is 25.9 Å². The average Bonchev–Trinajstić information content (AvgIpc) is 2.83. The van der Waals surface area contributed by atoms with Gasteiger partial charge in [0.2, 0.25) is 5.95 Å². The predicted molar refractivity (Wildman–Crippen MR) is 128 cm³/mol. The Morgan fingerprint density at radius 1 is 1.17 bits per heavy atom. The van der Waals surface area contributed by atoms with E-state index in [1.54, 1.807) is 6.07 Å². The van der Waals surface area contributed by atoms with Gasteiger partial charge in [-0.2, -0.15) is 13.2 Å². The fourth-order valence-corrected chi connectivity index (χ4v) is 4.46. The van der Waals surface area contributed by atoms with Crippen LogP contribution in [0.5, 0.6) is 5.75 Å². The minimum atomic E-state index is -4.52. The normalized spacial score (nSPS) is 14.7. The molecule has 1 aliphatic heterocycles. The molecule has 0 saturated carbocycles. The molecular formula is C25H23BrF3N3O3. The second kappa shape index (κ2) is 10.2. The predicted octanol–water partition coefficient (Wildman–Crippen LogP) is 6.11. The first kappa shape index (κ1) is 25.0. The fourth-order valence-electron chi connectivity index (χ4n) is 3.99. The number of ether oxygens (including phenoxy) is 1. The Hall–Kier alpha value is -3.14. The molecule has 1 aliphatic rings. The summed E-state index contributed by atoms with van der Waals surface area (Å²) in [6, 6.07) is 10.6. The lowest BCUT2D eigenvalue weighted by molar-refractivity contribution is -0.142. The van der Waals surface area contributed by atoms with Crippen LogP contribution in [0.2, 0.25) is 0 Å². The number of benzene rings is 2. The number of carbonyl (C=O) groups is 1. The molecule has 2 heterocycles. The van der Waals surface area contributed by atoms with Crippen LogP contribution >= 0.6 is 15.9 Å². The van der Waals surface area contributed by atoms with E-state index in [1.807, 2.05) is 30.0 Å². The molecule has 10 heteroatoms. The Morgan fingerprint density at radius 2 is 1.91 bits per heavy atom. The number of nitrogens with zero attached hydrogens (tertiary/aromatic N) is 3. The Kier molecular flexibility index (Phi) is 7.30. The van der Waals surface area contributed by atoms with Crippen molar-refractivity contribution in [2.75, 3.05) is 18.0 Å². The van der Waals surface area contributed by atoms with Crippen LogP contribution in [-0.4, -0.2) is 34.1 Å². The monoisotopic (exact) mass is 549 g/mol. The molecule has 1 N–H and O–H groups in total. The summed E-state index contributed by atoms with van der Waals surface area (Å²) >= 11 is 3.42. The summed E-state index contributed by atoms with van der Waals surface area (Å²) in [5.41, 5.74) is 1.59. The van der Waals surface area contributed by atoms with E-state index < -0.39 is 23.6 Å². The third-order valence-electron chi connectivity index (χ3n) is 6.04. The number of rotatable bonds is 6. The van der Waals surface area contributed by atoms with E-state index in [0.29, 0.717) is 37.6 Å². The van der Waals surface area contributed by atoms with Gasteiger partial charge in [0.05, 0.1) is 17.2 Å². The van der Waals surface area contributed by atoms with E-state index in [-0.39, 0.29) is 17.9 Å². The molecule has 0 bridgehead atoms. The van der Waals surface area contributed by atoms with Gasteiger partial charge in [-0.05, 0) is 67.3 Å². The number of carboxylic acids is 1. The summed E-state index contributed by atoms with van der Waals surface area (Å²) < 4.78 is 47.4. The Bertz CT molecular complexity index is 1230. The second-order valence-corrected chi connectivity index (χ2v) is 9.33. The molecule has 35 heavy (non-hydrogen) atoms. The number of aliphatic carboxylic acids is 1. The molecule has 2 aromatic carbocycles. The van der Waals surface area contributed by atoms with E-state index >= 15 is 0 Å². The highest BCUT2D eigenvalue weighted by Gasteiger charge is 2.32. The minimum absolute atomic E-state index is 0.179. The molecular weight excluding hydrogens is 527 g/mol. The number of aryl methyl sites for hydroxylation is 1. The highest BCUT2D eigenvalue weighted by Crippen LogP contribution is 2.37. The number of hydrogen-bond acceptors (Lipinski definition) is 5. The van der Waals surface area contributed by atoms with Crippen molar-refractivity contribution in [3.05, 3.63) is 69.8 Å². The van der Waals surface area contributed by atoms with Crippen LogP contribution in [0.3, 0.4) is 0 Å². The van der Waals surface area contributed by atoms with Gasteiger partial charge in [-0.1, -0.05) is 22.0 Å². The topological polar surface area (TPSA) is 75.5 Å². The number of carboxylic acid groups (broad SMARTS) is 1. The molecule has 1 aromatic heterocycles. The van der Waals surface area contributed by atoms with Gasteiger partial charge in [0.25, 0.3) is 0 Å². The van der Waals surface area contributed by atoms with Crippen molar-refractivity contribution in [2.24, 2.45) is 5.92 Å². The quantitative estimate of drug-likeness (QED) is 0.399. The fraction of sp³-hybridized carbons (Fsp3) is 0.320. The zero-order valence-electron chi connectivity index (χ0n) is 18.8. The molecule has 184 valence electrons. The lowest BCUT2D eigenvalue weighted by Crippen LogP contribution is -2.37. The van der Waals surface area contributed by atoms with Crippen molar-refractivity contribution < 1.29 is 27.8 Å². The molecule has 4 rings (SSSR count). The number of anilines is 1. The first-order valence-corrected chi connectivity index (χ1v) is 11.8. The van der Waals surface area contributed by atoms with E-state index in [0.717, 1.165) is 27.7 Å². The molecule has 0 unspecified atom stereocenters. The van der Waals surface area contributed by atoms with Crippen LogP contribution in [0.1, 0.15) is 29.5 Å². The standard InChI is InChI=1S/C25H23BrF3N3O3/c1-15-12-19(26)4-2-17(15)14-35-22-5-3-18(25(27,28)29)13-20(22)21-6-9-30-24(31-21)32-10-7-16(8-11-32)23(33)34/h2-6,9,12-13,16H,7-8,10-11,14H2,1H3,(H,33,34). The molecule has 1 saturated heterocycles. The van der Waals surface area contributed by atoms with Crippen molar-refractivity contribution in [2.45, 2.75) is 32.5 Å². The summed E-state index contributed by atoms with van der Waals surface area (Å²) in [6.45, 7) is 3.02. The maximum atomic E-state index is 13.5. The maximum Gasteiger partial charge on any atom is 0.416 e. The van der Waals surface area contributed by atoms with Gasteiger partial charge in [-0.15, -0.1) is 0 Å². The Balaban J connectivity index is 1.64. The van der Waals surface area contributed by atoms with E-state index in [4.69, 9.17) is 4.74 Å². The van der Waals surface area contributed by atoms with Crippen molar-refractivity contribution in [3.8, 4) is 17.0 Å². The summed E-state index contributed by atoms with van der Waals surface area (Å²) in [6.07, 6.45) is -2.13. The molecule has 1 fully saturated rings. The van der Waals surface area contributed by atoms with Crippen molar-refractivity contribution in [3.63, 3.8) is 0 Å². The van der Waals surface area contributed by atoms with Gasteiger partial charge in [0.15, 0.2) is 0 Å². The van der Waals surface area contributed by atoms with Crippen molar-refractivity contribution in [1.82, 2.24) is 9.97 Å². The zero-order chi connectivity index (χ0) is 25.2. The Morgan fingerprint density at radius 3 is 2.57 bits per heavy atom. The average molecular weight is 550 g/mol. The molecule has 3 aromatic rings. The van der Waals surface area contributed by atoms with Gasteiger partial charge >= 0.3 is 12.1 Å². The van der Waals surface area contributed by atoms with Gasteiger partial charge < -0.3 is 14.7 Å². The highest BCUT2D eigenvalue weighted by molar-refractivity contribution is 9.10. The van der Waals surface area contributed by atoms with Crippen LogP contribution in [0, 0.1) is 12.8 Å². The summed E-state index contributed by atoms with van der Waals surface area (Å²) in [5.74, 6) is -0.626. The van der Waals surface area contributed by atoms with E-state index in [9.17, 15) is 23.1 Å². The number of halogens is 4. The molecule has 0 spiro atoms. The third kappa shape index (κ3) is 5.93. The van der Waals surface area contributed by atoms with Crippen molar-refractivity contribution >= 4 is 27.8 Å². The maximum absolute atomic E-state index is 13.5. The lowest BCUT2D eigenvalue weighted by Gasteiger charge is -2.30. The van der Waals surface area contributed by atoms with Gasteiger partial charge in [-0.3, -0.25) is 4.79 Å². The van der Waals surface area contributed by atoms with Gasteiger partial charge in [0.1, 0.15) is 12.4 Å². The molecule has 0 radical (unpaired) electrons. The summed E-state index contributed by atoms with van der Waals surface area (Å²) in [7, 11) is 0. The van der Waals surface area contributed by atoms with Gasteiger partial charge in [0, 0.05) is 29.3 Å². The largest absolute Gasteiger partial charge is 0.488 e. The highest BCUT2D eigenvalue weighted by atomic mass is 79.9. The number of alkyl halides is 3. The van der Waals surface area contributed by atoms with Crippen molar-refractivity contribution in [1.29, 1.82) is 0 Å². The Labute approximate surface area is 208 Å². The first-order valence-electron chi connectivity index (χ1n) is 11.0. The second-order valence-electron chi connectivity index (χ2n) is 8.41. The SMILES string of the molecule is Cc1cc(Br)ccc1COc1ccc(C(F)(F)F)cc1-c1ccnc(N2CCC(C(=O)O)CC2)n1. The van der Waals surface area contributed by atoms with Crippen LogP contribution in [0.15, 0.2) is 53.1 Å². The summed E-state index contributed by atoms with van der Waals surface area (Å²) in [5, 5.41) is 9.22. The van der Waals surface area contributed by atoms with Crippen LogP contribution in [-0.2, 0) is 17.6 Å². The smallest absolute Gasteiger partial charge is 0.416 e. The lowest BCUT2D eigenvalue weighted by atomic mass is 9.97. The molecule has 6 nitrogen and oxygen atoms in total. The number of piperidine rings is 1. The zero-order valence-corrected chi connectivity index (χ0v) is 20.4. The number of aromatic nitrogens is 2. The van der Waals surface area contributed by atoms with Crippen LogP contribution in [0.4, 0.5) is 19.1 Å². The van der Waals surface area contributed by atoms with Crippen LogP contribution < -0.4 is 9.64 Å². The van der Waals surface area contributed by atoms with Gasteiger partial charge in [-0.25, -0.2) is 9.97 Å². The first-order chi connectivity index (χ1) is 16.6. The minimum Gasteiger partial charge on any atom is -0.488 e. The van der Waals surface area contributed by atoms with E-state index in [1.165, 1.54) is 12.3 Å². The molecule has 0 amide bonds.